The van der Waals surface area contributed by atoms with Crippen molar-refractivity contribution in [1.82, 2.24) is 25.1 Å². The molecule has 2 aliphatic rings. The number of sulfonamides is 1. The van der Waals surface area contributed by atoms with Crippen molar-refractivity contribution in [3.63, 3.8) is 0 Å². The van der Waals surface area contributed by atoms with Gasteiger partial charge in [-0.1, -0.05) is 20.8 Å². The van der Waals surface area contributed by atoms with Crippen molar-refractivity contribution in [1.29, 1.82) is 0 Å². The lowest BCUT2D eigenvalue weighted by Crippen LogP contribution is -2.19. The topological polar surface area (TPSA) is 122 Å². The molecule has 0 spiro atoms. The first-order valence-corrected chi connectivity index (χ1v) is 12.7. The van der Waals surface area contributed by atoms with Crippen molar-refractivity contribution in [3.05, 3.63) is 53.1 Å². The number of ether oxygens (including phenoxy) is 1. The fraction of sp³-hybridized carbons (Fsp3) is 0.435. The zero-order valence-corrected chi connectivity index (χ0v) is 20.0. The lowest BCUT2D eigenvalue weighted by molar-refractivity contribution is 0.192. The van der Waals surface area contributed by atoms with Crippen LogP contribution in [0.15, 0.2) is 35.4 Å². The summed E-state index contributed by atoms with van der Waals surface area (Å²) < 4.78 is 47.2. The van der Waals surface area contributed by atoms with E-state index in [1.165, 1.54) is 12.1 Å². The predicted octanol–water partition coefficient (Wildman–Crippen LogP) is 3.89. The molecule has 9 nitrogen and oxygen atoms in total. The Morgan fingerprint density at radius 1 is 1.21 bits per heavy atom. The molecule has 3 N–H and O–H groups in total. The lowest BCUT2D eigenvalue weighted by Gasteiger charge is -2.23. The summed E-state index contributed by atoms with van der Waals surface area (Å²) in [4.78, 5) is -0.0204. The Hall–Kier alpha value is -3.05. The molecule has 0 radical (unpaired) electrons. The van der Waals surface area contributed by atoms with Gasteiger partial charge in [-0.3, -0.25) is 5.10 Å². The third-order valence-electron chi connectivity index (χ3n) is 6.39. The lowest BCUT2D eigenvalue weighted by atomic mass is 9.88. The molecule has 34 heavy (non-hydrogen) atoms. The Balaban J connectivity index is 1.26. The van der Waals surface area contributed by atoms with Gasteiger partial charge in [0.25, 0.3) is 0 Å². The molecular weight excluding hydrogens is 459 g/mol. The quantitative estimate of drug-likeness (QED) is 0.500. The molecule has 3 heterocycles. The van der Waals surface area contributed by atoms with Crippen LogP contribution in [0.1, 0.15) is 62.8 Å². The summed E-state index contributed by atoms with van der Waals surface area (Å²) in [7, 11) is -3.62. The van der Waals surface area contributed by atoms with Gasteiger partial charge in [0.2, 0.25) is 15.9 Å². The molecule has 2 atom stereocenters. The maximum absolute atomic E-state index is 14.9. The number of aromatic amines is 1. The predicted molar refractivity (Wildman–Crippen MR) is 124 cm³/mol. The number of anilines is 2. The van der Waals surface area contributed by atoms with Gasteiger partial charge in [0, 0.05) is 35.3 Å². The number of fused-ring (bicyclic) bond motifs is 1. The van der Waals surface area contributed by atoms with Gasteiger partial charge in [0.05, 0.1) is 16.8 Å². The van der Waals surface area contributed by atoms with Gasteiger partial charge in [0.15, 0.2) is 11.6 Å². The van der Waals surface area contributed by atoms with E-state index < -0.39 is 15.8 Å². The minimum Gasteiger partial charge on any atom is -0.473 e. The van der Waals surface area contributed by atoms with Crippen LogP contribution in [0.5, 0.6) is 5.88 Å². The molecule has 1 fully saturated rings. The van der Waals surface area contributed by atoms with Crippen LogP contribution in [-0.2, 0) is 22.0 Å². The minimum atomic E-state index is -3.62. The van der Waals surface area contributed by atoms with Crippen LogP contribution in [0.25, 0.3) is 0 Å². The number of nitrogens with zero attached hydrogens (tertiary/aromatic N) is 3. The largest absolute Gasteiger partial charge is 0.473 e. The van der Waals surface area contributed by atoms with Crippen LogP contribution in [0.3, 0.4) is 0 Å². The van der Waals surface area contributed by atoms with E-state index in [1.54, 1.807) is 6.20 Å². The highest BCUT2D eigenvalue weighted by Gasteiger charge is 2.32. The van der Waals surface area contributed by atoms with E-state index in [0.29, 0.717) is 11.7 Å². The Labute approximate surface area is 197 Å². The smallest absolute Gasteiger partial charge is 0.241 e. The van der Waals surface area contributed by atoms with E-state index in [0.717, 1.165) is 30.5 Å². The first-order chi connectivity index (χ1) is 16.1. The standard InChI is InChI=1S/C23H27FN6O3S/c1-23(2,3)16-8-9-25-30-22(16)33-14-5-4-13(10-14)18-11-20(29-28-18)27-17-6-7-19-15(21(17)24)12-26-34(19,31)32/h6-9,11,13-14,26H,4-5,10,12H2,1-3H3,(H2,27,28,29)/t13-,14-/m0/s1. The Kier molecular flexibility index (Phi) is 5.56. The molecule has 3 aromatic rings. The van der Waals surface area contributed by atoms with Crippen LogP contribution < -0.4 is 14.8 Å². The summed E-state index contributed by atoms with van der Waals surface area (Å²) in [5, 5.41) is 18.5. The van der Waals surface area contributed by atoms with Crippen molar-refractivity contribution < 1.29 is 17.5 Å². The van der Waals surface area contributed by atoms with Crippen LogP contribution in [0, 0.1) is 5.82 Å². The van der Waals surface area contributed by atoms with Crippen molar-refractivity contribution >= 4 is 21.5 Å². The first-order valence-electron chi connectivity index (χ1n) is 11.2. The number of rotatable bonds is 5. The van der Waals surface area contributed by atoms with Crippen LogP contribution in [0.4, 0.5) is 15.9 Å². The molecular formula is C23H27FN6O3S. The fourth-order valence-corrected chi connectivity index (χ4v) is 5.80. The summed E-state index contributed by atoms with van der Waals surface area (Å²) in [6, 6.07) is 6.63. The Morgan fingerprint density at radius 2 is 2.03 bits per heavy atom. The fourth-order valence-electron chi connectivity index (χ4n) is 4.57. The van der Waals surface area contributed by atoms with Gasteiger partial charge in [-0.05, 0) is 42.9 Å². The maximum atomic E-state index is 14.9. The second-order valence-electron chi connectivity index (χ2n) is 9.81. The summed E-state index contributed by atoms with van der Waals surface area (Å²) in [6.45, 7) is 6.29. The summed E-state index contributed by atoms with van der Waals surface area (Å²) in [6.07, 6.45) is 4.31. The van der Waals surface area contributed by atoms with Crippen molar-refractivity contribution in [3.8, 4) is 5.88 Å². The van der Waals surface area contributed by atoms with Crippen molar-refractivity contribution in [2.45, 2.75) is 68.9 Å². The SMILES string of the molecule is CC(C)(C)c1ccnnc1O[C@H]1CC[C@H](c2cc(Nc3ccc4c(c3F)CNS4(=O)=O)n[nH]2)C1. The maximum Gasteiger partial charge on any atom is 0.241 e. The van der Waals surface area contributed by atoms with Gasteiger partial charge in [-0.15, -0.1) is 5.10 Å². The monoisotopic (exact) mass is 486 g/mol. The second kappa shape index (κ2) is 8.31. The van der Waals surface area contributed by atoms with Gasteiger partial charge in [0.1, 0.15) is 6.10 Å². The summed E-state index contributed by atoms with van der Waals surface area (Å²) in [5.41, 5.74) is 2.18. The number of hydrogen-bond acceptors (Lipinski definition) is 7. The number of hydrogen-bond donors (Lipinski definition) is 3. The summed E-state index contributed by atoms with van der Waals surface area (Å²) >= 11 is 0. The normalized spacial score (nSPS) is 21.4. The van der Waals surface area contributed by atoms with Gasteiger partial charge in [-0.25, -0.2) is 17.5 Å². The molecule has 2 aromatic heterocycles. The van der Waals surface area contributed by atoms with E-state index in [1.807, 2.05) is 12.1 Å². The molecule has 0 saturated heterocycles. The van der Waals surface area contributed by atoms with Crippen LogP contribution in [0.2, 0.25) is 0 Å². The Morgan fingerprint density at radius 3 is 2.82 bits per heavy atom. The molecule has 5 rings (SSSR count). The highest BCUT2D eigenvalue weighted by atomic mass is 32.2. The molecule has 11 heteroatoms. The first kappa shape index (κ1) is 22.7. The number of aromatic nitrogens is 4. The molecule has 0 unspecified atom stereocenters. The number of benzene rings is 1. The van der Waals surface area contributed by atoms with Gasteiger partial charge < -0.3 is 10.1 Å². The molecule has 1 saturated carbocycles. The van der Waals surface area contributed by atoms with Crippen LogP contribution in [-0.4, -0.2) is 34.9 Å². The highest BCUT2D eigenvalue weighted by molar-refractivity contribution is 7.89. The Bertz CT molecular complexity index is 1330. The van der Waals surface area contributed by atoms with E-state index >= 15 is 0 Å². The molecule has 1 aliphatic heterocycles. The molecule has 0 amide bonds. The molecule has 1 aliphatic carbocycles. The van der Waals surface area contributed by atoms with Gasteiger partial charge in [-0.2, -0.15) is 10.2 Å². The third-order valence-corrected chi connectivity index (χ3v) is 7.87. The number of halogens is 1. The highest BCUT2D eigenvalue weighted by Crippen LogP contribution is 2.38. The number of H-pyrrole nitrogens is 1. The van der Waals surface area contributed by atoms with E-state index in [4.69, 9.17) is 4.74 Å². The molecule has 180 valence electrons. The average Bonchev–Trinajstić information content (AvgIpc) is 3.49. The van der Waals surface area contributed by atoms with Crippen molar-refractivity contribution in [2.75, 3.05) is 5.32 Å². The average molecular weight is 487 g/mol. The van der Waals surface area contributed by atoms with E-state index in [2.05, 4.69) is 51.2 Å². The zero-order chi connectivity index (χ0) is 24.1. The van der Waals surface area contributed by atoms with E-state index in [9.17, 15) is 12.8 Å². The zero-order valence-electron chi connectivity index (χ0n) is 19.2. The van der Waals surface area contributed by atoms with Gasteiger partial charge >= 0.3 is 0 Å². The van der Waals surface area contributed by atoms with Crippen molar-refractivity contribution in [2.24, 2.45) is 0 Å². The third kappa shape index (κ3) is 4.25. The minimum absolute atomic E-state index is 0.0195. The summed E-state index contributed by atoms with van der Waals surface area (Å²) in [5.74, 6) is 0.678. The number of nitrogens with one attached hydrogen (secondary N) is 3. The van der Waals surface area contributed by atoms with Crippen LogP contribution >= 0.6 is 0 Å². The van der Waals surface area contributed by atoms with E-state index in [-0.39, 0.29) is 40.1 Å². The molecule has 1 aromatic carbocycles. The molecule has 0 bridgehead atoms. The second-order valence-corrected chi connectivity index (χ2v) is 11.5.